The third kappa shape index (κ3) is 3.31. The van der Waals surface area contributed by atoms with Crippen molar-refractivity contribution in [2.24, 2.45) is 0 Å². The van der Waals surface area contributed by atoms with Gasteiger partial charge in [0.15, 0.2) is 0 Å². The number of hydrogen-bond acceptors (Lipinski definition) is 5. The zero-order valence-corrected chi connectivity index (χ0v) is 14.3. The first-order valence-corrected chi connectivity index (χ1v) is 8.84. The van der Waals surface area contributed by atoms with Gasteiger partial charge in [-0.2, -0.15) is 0 Å². The highest BCUT2D eigenvalue weighted by Crippen LogP contribution is 2.40. The zero-order chi connectivity index (χ0) is 17.2. The van der Waals surface area contributed by atoms with Gasteiger partial charge in [0.05, 0.1) is 16.9 Å². The second-order valence-corrected chi connectivity index (χ2v) is 7.05. The van der Waals surface area contributed by atoms with E-state index in [0.717, 1.165) is 36.4 Å². The lowest BCUT2D eigenvalue weighted by atomic mass is 9.97. The van der Waals surface area contributed by atoms with Crippen LogP contribution in [-0.4, -0.2) is 15.8 Å². The van der Waals surface area contributed by atoms with Crippen molar-refractivity contribution in [2.45, 2.75) is 44.6 Å². The molecule has 1 N–H and O–H groups in total. The molecule has 0 bridgehead atoms. The van der Waals surface area contributed by atoms with E-state index in [2.05, 4.69) is 10.3 Å². The number of aryl methyl sites for hydroxylation is 1. The summed E-state index contributed by atoms with van der Waals surface area (Å²) >= 11 is 1.57. The number of nitrogens with one attached hydrogen (secondary N) is 1. The van der Waals surface area contributed by atoms with E-state index in [1.807, 2.05) is 12.3 Å². The van der Waals surface area contributed by atoms with E-state index in [4.69, 9.17) is 0 Å². The molecule has 24 heavy (non-hydrogen) atoms. The van der Waals surface area contributed by atoms with Crippen LogP contribution < -0.4 is 5.32 Å². The van der Waals surface area contributed by atoms with Crippen LogP contribution in [0.2, 0.25) is 0 Å². The van der Waals surface area contributed by atoms with Gasteiger partial charge >= 0.3 is 0 Å². The lowest BCUT2D eigenvalue weighted by Gasteiger charge is -2.28. The van der Waals surface area contributed by atoms with E-state index in [9.17, 15) is 14.9 Å². The molecule has 3 rings (SSSR count). The maximum Gasteiger partial charge on any atom is 0.273 e. The van der Waals surface area contributed by atoms with Crippen molar-refractivity contribution >= 4 is 22.9 Å². The summed E-state index contributed by atoms with van der Waals surface area (Å²) in [5.74, 6) is -0.195. The molecule has 7 heteroatoms. The summed E-state index contributed by atoms with van der Waals surface area (Å²) < 4.78 is 0. The number of benzene rings is 1. The molecular weight excluding hydrogens is 326 g/mol. The van der Waals surface area contributed by atoms with Crippen molar-refractivity contribution in [2.75, 3.05) is 0 Å². The average Bonchev–Trinajstić information content (AvgIpc) is 3.17. The number of amides is 1. The fourth-order valence-corrected chi connectivity index (χ4v) is 4.28. The van der Waals surface area contributed by atoms with Crippen LogP contribution in [0.3, 0.4) is 0 Å². The Balaban J connectivity index is 1.79. The summed E-state index contributed by atoms with van der Waals surface area (Å²) in [6.07, 6.45) is 3.82. The maximum atomic E-state index is 12.6. The molecule has 0 spiro atoms. The standard InChI is InChI=1S/C17H19N3O3S/c1-12-11-24-16(18-12)17(8-4-5-9-17)19-15(21)10-13-6-2-3-7-14(13)20(22)23/h2-3,6-7,11H,4-5,8-10H2,1H3,(H,19,21). The lowest BCUT2D eigenvalue weighted by molar-refractivity contribution is -0.385. The first-order chi connectivity index (χ1) is 11.5. The van der Waals surface area contributed by atoms with Crippen molar-refractivity contribution in [1.29, 1.82) is 0 Å². The van der Waals surface area contributed by atoms with Crippen LogP contribution in [-0.2, 0) is 16.8 Å². The third-order valence-electron chi connectivity index (χ3n) is 4.40. The molecule has 0 unspecified atom stereocenters. The summed E-state index contributed by atoms with van der Waals surface area (Å²) in [5.41, 5.74) is 0.954. The summed E-state index contributed by atoms with van der Waals surface area (Å²) in [7, 11) is 0. The number of aromatic nitrogens is 1. The maximum absolute atomic E-state index is 12.6. The monoisotopic (exact) mass is 345 g/mol. The van der Waals surface area contributed by atoms with Crippen LogP contribution in [0.4, 0.5) is 5.69 Å². The van der Waals surface area contributed by atoms with Gasteiger partial charge in [0, 0.05) is 22.7 Å². The Morgan fingerprint density at radius 1 is 1.38 bits per heavy atom. The minimum atomic E-state index is -0.446. The Bertz CT molecular complexity index is 766. The number of para-hydroxylation sites is 1. The molecule has 0 saturated heterocycles. The first-order valence-electron chi connectivity index (χ1n) is 7.96. The number of thiazole rings is 1. The van der Waals surface area contributed by atoms with Crippen molar-refractivity contribution < 1.29 is 9.72 Å². The van der Waals surface area contributed by atoms with Crippen LogP contribution in [0, 0.1) is 17.0 Å². The van der Waals surface area contributed by atoms with E-state index in [1.54, 1.807) is 29.5 Å². The molecule has 6 nitrogen and oxygen atoms in total. The Hall–Kier alpha value is -2.28. The Kier molecular flexibility index (Phi) is 4.62. The molecule has 1 aromatic heterocycles. The van der Waals surface area contributed by atoms with Gasteiger partial charge in [-0.15, -0.1) is 11.3 Å². The number of hydrogen-bond donors (Lipinski definition) is 1. The van der Waals surface area contributed by atoms with E-state index < -0.39 is 10.5 Å². The molecule has 2 aromatic rings. The molecule has 1 aromatic carbocycles. The van der Waals surface area contributed by atoms with E-state index >= 15 is 0 Å². The summed E-state index contributed by atoms with van der Waals surface area (Å²) in [5, 5.41) is 17.2. The summed E-state index contributed by atoms with van der Waals surface area (Å²) in [6, 6.07) is 6.38. The Labute approximate surface area is 144 Å². The highest BCUT2D eigenvalue weighted by molar-refractivity contribution is 7.09. The second kappa shape index (κ2) is 6.68. The fourth-order valence-electron chi connectivity index (χ4n) is 3.27. The predicted molar refractivity (Wildman–Crippen MR) is 91.9 cm³/mol. The average molecular weight is 345 g/mol. The van der Waals surface area contributed by atoms with E-state index in [1.165, 1.54) is 6.07 Å². The molecule has 1 amide bonds. The number of carbonyl (C=O) groups is 1. The lowest BCUT2D eigenvalue weighted by Crippen LogP contribution is -2.44. The van der Waals surface area contributed by atoms with Crippen molar-refractivity contribution in [3.05, 3.63) is 56.0 Å². The molecular formula is C17H19N3O3S. The molecule has 126 valence electrons. The van der Waals surface area contributed by atoms with Crippen LogP contribution in [0.15, 0.2) is 29.6 Å². The van der Waals surface area contributed by atoms with E-state index in [-0.39, 0.29) is 18.0 Å². The topological polar surface area (TPSA) is 85.1 Å². The van der Waals surface area contributed by atoms with Crippen LogP contribution in [0.5, 0.6) is 0 Å². The number of rotatable bonds is 5. The predicted octanol–water partition coefficient (Wildman–Crippen LogP) is 3.49. The molecule has 1 aliphatic rings. The first kappa shape index (κ1) is 16.6. The molecule has 1 saturated carbocycles. The highest BCUT2D eigenvalue weighted by atomic mass is 32.1. The van der Waals surface area contributed by atoms with Crippen molar-refractivity contribution in [3.8, 4) is 0 Å². The minimum absolute atomic E-state index is 0.00323. The Morgan fingerprint density at radius 3 is 2.71 bits per heavy atom. The molecule has 0 aliphatic heterocycles. The third-order valence-corrected chi connectivity index (χ3v) is 5.57. The van der Waals surface area contributed by atoms with Gasteiger partial charge < -0.3 is 5.32 Å². The van der Waals surface area contributed by atoms with Gasteiger partial charge in [-0.25, -0.2) is 4.98 Å². The van der Waals surface area contributed by atoms with E-state index in [0.29, 0.717) is 5.56 Å². The second-order valence-electron chi connectivity index (χ2n) is 6.19. The van der Waals surface area contributed by atoms with Crippen LogP contribution >= 0.6 is 11.3 Å². The van der Waals surface area contributed by atoms with Crippen LogP contribution in [0.25, 0.3) is 0 Å². The Morgan fingerprint density at radius 2 is 2.08 bits per heavy atom. The van der Waals surface area contributed by atoms with Gasteiger partial charge in [0.1, 0.15) is 5.01 Å². The number of nitrogens with zero attached hydrogens (tertiary/aromatic N) is 2. The highest BCUT2D eigenvalue weighted by Gasteiger charge is 2.39. The SMILES string of the molecule is Cc1csc(C2(NC(=O)Cc3ccccc3[N+](=O)[O-])CCCC2)n1. The molecule has 1 fully saturated rings. The molecule has 0 radical (unpaired) electrons. The normalized spacial score (nSPS) is 16.0. The van der Waals surface area contributed by atoms with Crippen molar-refractivity contribution in [1.82, 2.24) is 10.3 Å². The number of nitro benzene ring substituents is 1. The summed E-state index contributed by atoms with van der Waals surface area (Å²) in [6.45, 7) is 1.94. The van der Waals surface area contributed by atoms with Gasteiger partial charge in [0.25, 0.3) is 5.69 Å². The smallest absolute Gasteiger partial charge is 0.273 e. The van der Waals surface area contributed by atoms with Crippen molar-refractivity contribution in [3.63, 3.8) is 0 Å². The molecule has 1 heterocycles. The zero-order valence-electron chi connectivity index (χ0n) is 13.4. The van der Waals surface area contributed by atoms with Gasteiger partial charge in [-0.05, 0) is 19.8 Å². The van der Waals surface area contributed by atoms with Gasteiger partial charge in [0.2, 0.25) is 5.91 Å². The number of carbonyl (C=O) groups excluding carboxylic acids is 1. The largest absolute Gasteiger partial charge is 0.344 e. The number of nitro groups is 1. The fraction of sp³-hybridized carbons (Fsp3) is 0.412. The quantitative estimate of drug-likeness (QED) is 0.664. The summed E-state index contributed by atoms with van der Waals surface area (Å²) in [4.78, 5) is 27.8. The minimum Gasteiger partial charge on any atom is -0.344 e. The molecule has 1 aliphatic carbocycles. The van der Waals surface area contributed by atoms with Crippen LogP contribution in [0.1, 0.15) is 41.9 Å². The van der Waals surface area contributed by atoms with Gasteiger partial charge in [-0.3, -0.25) is 14.9 Å². The molecule has 0 atom stereocenters. The van der Waals surface area contributed by atoms with Gasteiger partial charge in [-0.1, -0.05) is 31.0 Å².